The van der Waals surface area contributed by atoms with Crippen LogP contribution in [-0.2, 0) is 35.4 Å². The first-order chi connectivity index (χ1) is 47.1. The summed E-state index contributed by atoms with van der Waals surface area (Å²) >= 11 is 0. The molecule has 0 fully saturated rings. The van der Waals surface area contributed by atoms with Crippen molar-refractivity contribution in [2.45, 2.75) is 203 Å². The summed E-state index contributed by atoms with van der Waals surface area (Å²) in [6.45, 7) is 44.8. The Kier molecular flexibility index (Phi) is 35.5. The third kappa shape index (κ3) is 33.4. The van der Waals surface area contributed by atoms with Crippen LogP contribution in [-0.4, -0.2) is 114 Å². The fourth-order valence-corrected chi connectivity index (χ4v) is 35.6. The zero-order valence-corrected chi connectivity index (χ0v) is 69.5. The monoisotopic (exact) mass is 1490 g/mol. The molecule has 0 heterocycles. The molecule has 0 bridgehead atoms. The number of ether oxygens (including phenoxy) is 4. The molecule has 101 heavy (non-hydrogen) atoms. The van der Waals surface area contributed by atoms with E-state index in [0.29, 0.717) is 55.2 Å². The Hall–Kier alpha value is -6.86. The summed E-state index contributed by atoms with van der Waals surface area (Å²) in [6.07, 6.45) is 8.20. The van der Waals surface area contributed by atoms with Crippen molar-refractivity contribution in [1.82, 2.24) is 0 Å². The first kappa shape index (κ1) is 86.5. The third-order valence-corrected chi connectivity index (χ3v) is 34.9. The van der Waals surface area contributed by atoms with Crippen LogP contribution in [0.25, 0.3) is 0 Å². The second kappa shape index (κ2) is 41.4. The normalized spacial score (nSPS) is 12.1. The van der Waals surface area contributed by atoms with Gasteiger partial charge < -0.3 is 67.3 Å². The molecule has 0 saturated carbocycles. The number of nitrogens with one attached hydrogen (secondary N) is 6. The van der Waals surface area contributed by atoms with Crippen LogP contribution in [0.2, 0.25) is 103 Å². The van der Waals surface area contributed by atoms with Crippen LogP contribution in [0.1, 0.15) is 141 Å². The number of hydrogen-bond acceptors (Lipinski definition) is 18. The van der Waals surface area contributed by atoms with Gasteiger partial charge in [0.15, 0.2) is 33.3 Å². The summed E-state index contributed by atoms with van der Waals surface area (Å²) in [5, 5.41) is 21.3. The first-order valence-electron chi connectivity index (χ1n) is 35.8. The van der Waals surface area contributed by atoms with E-state index in [4.69, 9.17) is 35.4 Å². The molecule has 6 N–H and O–H groups in total. The molecule has 1 atom stereocenters. The summed E-state index contributed by atoms with van der Waals surface area (Å²) in [5.74, 6) is -1.26. The van der Waals surface area contributed by atoms with Crippen LogP contribution >= 0.6 is 0 Å². The average molecular weight is 1490 g/mol. The number of benzene rings is 6. The Labute approximate surface area is 612 Å². The Morgan fingerprint density at radius 3 is 0.832 bits per heavy atom. The van der Waals surface area contributed by atoms with E-state index in [1.165, 1.54) is 0 Å². The van der Waals surface area contributed by atoms with Crippen molar-refractivity contribution in [2.24, 2.45) is 0 Å². The van der Waals surface area contributed by atoms with Gasteiger partial charge in [0.2, 0.25) is 0 Å². The molecule has 0 aliphatic carbocycles. The SMILES string of the molecule is C.CCCCOC(=O)c1ccc(Nc2cc(NCC(C)[Si](C)(O[Si](C)(C)C)O[Si](C)(C)C)cc(Nc3ccc(C(=O)OCCCC)cc3)c2)cc1.CCCCOC(=O)c1ccc(Nc2cc(NCCC[Si](C)(O[Si](C)(C)C)O[Si](C)(C)C)cc(Nc3ccc(C(=O)OCCCC)cc3)c2)cc1. The molecule has 6 aromatic rings. The third-order valence-electron chi connectivity index (χ3n) is 15.1. The molecule has 0 radical (unpaired) electrons. The van der Waals surface area contributed by atoms with Gasteiger partial charge in [-0.05, 0) is 263 Å². The van der Waals surface area contributed by atoms with Crippen molar-refractivity contribution in [3.63, 3.8) is 0 Å². The predicted octanol–water partition coefficient (Wildman–Crippen LogP) is 22.0. The molecule has 0 aromatic heterocycles. The summed E-state index contributed by atoms with van der Waals surface area (Å²) < 4.78 is 48.5. The summed E-state index contributed by atoms with van der Waals surface area (Å²) in [7, 11) is -12.1. The minimum atomic E-state index is -2.52. The maximum atomic E-state index is 12.4. The lowest BCUT2D eigenvalue weighted by Gasteiger charge is -2.42. The summed E-state index contributed by atoms with van der Waals surface area (Å²) in [6, 6.07) is 42.5. The molecular formula is C77H122N6O12Si6. The molecule has 24 heteroatoms. The highest BCUT2D eigenvalue weighted by Gasteiger charge is 2.45. The Morgan fingerprint density at radius 1 is 0.337 bits per heavy atom. The Morgan fingerprint density at radius 2 is 0.584 bits per heavy atom. The zero-order valence-electron chi connectivity index (χ0n) is 63.5. The van der Waals surface area contributed by atoms with Crippen molar-refractivity contribution in [1.29, 1.82) is 0 Å². The van der Waals surface area contributed by atoms with E-state index in [1.807, 2.05) is 60.7 Å². The largest absolute Gasteiger partial charge is 0.462 e. The second-order valence-corrected chi connectivity index (χ2v) is 55.6. The molecule has 0 saturated heterocycles. The van der Waals surface area contributed by atoms with Gasteiger partial charge >= 0.3 is 41.0 Å². The quantitative estimate of drug-likeness (QED) is 0.00911. The first-order valence-corrected chi connectivity index (χ1v) is 54.4. The smallest absolute Gasteiger partial charge is 0.338 e. The minimum Gasteiger partial charge on any atom is -0.462 e. The zero-order chi connectivity index (χ0) is 73.7. The summed E-state index contributed by atoms with van der Waals surface area (Å²) in [5.41, 5.74) is 11.0. The van der Waals surface area contributed by atoms with Gasteiger partial charge in [0.25, 0.3) is 0 Å². The molecule has 0 spiro atoms. The Balaban J connectivity index is 0.000000424. The molecule has 6 rings (SSSR count). The van der Waals surface area contributed by atoms with Gasteiger partial charge in [-0.25, -0.2) is 19.2 Å². The van der Waals surface area contributed by atoms with Crippen LogP contribution < -0.4 is 31.9 Å². The van der Waals surface area contributed by atoms with Crippen molar-refractivity contribution in [2.75, 3.05) is 71.4 Å². The lowest BCUT2D eigenvalue weighted by molar-refractivity contribution is 0.0490. The van der Waals surface area contributed by atoms with Gasteiger partial charge in [-0.15, -0.1) is 0 Å². The topological polar surface area (TPSA) is 214 Å². The van der Waals surface area contributed by atoms with Crippen molar-refractivity contribution in [3.05, 3.63) is 156 Å². The number of carbonyl (C=O) groups is 4. The van der Waals surface area contributed by atoms with E-state index < -0.39 is 50.4 Å². The molecule has 0 aliphatic rings. The standard InChI is InChI=1S/2C38H59N3O6Si3.CH4/c1-11-13-23-44-37(42)30-15-19-32(20-16-30)40-35-25-34(39-28-29(3)50(10,46-48(4,5)6)47-49(7,8)9)26-36(27-35)41-33-21-17-31(18-22-33)38(43)45-24-14-12-2;1-10-12-24-44-37(42)30-15-19-32(20-16-30)40-35-27-34(39-23-14-26-50(9,46-48(3,4)5)47-49(6,7)8)28-36(29-35)41-33-21-17-31(18-22-33)38(43)45-25-13-11-2;/h15-22,25-27,29,39-41H,11-14,23-24,28H2,1-10H3;15-22,27-29,39-41H,10-14,23-26H2,1-9H3;1H4. The van der Waals surface area contributed by atoms with E-state index in [9.17, 15) is 19.2 Å². The number of hydrogen-bond donors (Lipinski definition) is 6. The van der Waals surface area contributed by atoms with Gasteiger partial charge in [-0.1, -0.05) is 67.7 Å². The van der Waals surface area contributed by atoms with Gasteiger partial charge in [-0.2, -0.15) is 0 Å². The number of carbonyl (C=O) groups excluding carboxylic acids is 4. The maximum Gasteiger partial charge on any atom is 0.338 e. The van der Waals surface area contributed by atoms with Crippen LogP contribution in [0.4, 0.5) is 56.9 Å². The highest BCUT2D eigenvalue weighted by molar-refractivity contribution is 6.89. The molecule has 1 unspecified atom stereocenters. The Bertz CT molecular complexity index is 3280. The van der Waals surface area contributed by atoms with E-state index >= 15 is 0 Å². The van der Waals surface area contributed by atoms with E-state index in [1.54, 1.807) is 48.5 Å². The van der Waals surface area contributed by atoms with Gasteiger partial charge in [0.1, 0.15) is 0 Å². The fraction of sp³-hybridized carbons (Fsp3) is 0.481. The van der Waals surface area contributed by atoms with Crippen molar-refractivity contribution in [3.8, 4) is 0 Å². The number of esters is 4. The van der Waals surface area contributed by atoms with Crippen molar-refractivity contribution >= 4 is 131 Å². The summed E-state index contributed by atoms with van der Waals surface area (Å²) in [4.78, 5) is 49.6. The minimum absolute atomic E-state index is 0. The van der Waals surface area contributed by atoms with Crippen LogP contribution in [0, 0.1) is 0 Å². The van der Waals surface area contributed by atoms with E-state index in [-0.39, 0.29) is 36.8 Å². The molecule has 0 amide bonds. The van der Waals surface area contributed by atoms with Gasteiger partial charge in [-0.3, -0.25) is 0 Å². The molecule has 18 nitrogen and oxygen atoms in total. The van der Waals surface area contributed by atoms with Crippen molar-refractivity contribution < 1.29 is 54.6 Å². The van der Waals surface area contributed by atoms with Crippen LogP contribution in [0.5, 0.6) is 0 Å². The molecule has 6 aromatic carbocycles. The molecular weight excluding hydrogens is 1370 g/mol. The lowest BCUT2D eigenvalue weighted by atomic mass is 10.1. The van der Waals surface area contributed by atoms with Crippen LogP contribution in [0.3, 0.4) is 0 Å². The highest BCUT2D eigenvalue weighted by atomic mass is 28.5. The maximum absolute atomic E-state index is 12.4. The molecule has 556 valence electrons. The van der Waals surface area contributed by atoms with Gasteiger partial charge in [0.05, 0.1) is 48.7 Å². The predicted molar refractivity (Wildman–Crippen MR) is 436 cm³/mol. The number of unbranched alkanes of at least 4 members (excludes halogenated alkanes) is 4. The fourth-order valence-electron chi connectivity index (χ4n) is 10.7. The van der Waals surface area contributed by atoms with Crippen LogP contribution in [0.15, 0.2) is 133 Å². The number of rotatable bonds is 41. The number of anilines is 10. The lowest BCUT2D eigenvalue weighted by Crippen LogP contribution is -2.56. The van der Waals surface area contributed by atoms with E-state index in [2.05, 4.69) is 182 Å². The molecule has 0 aliphatic heterocycles. The second-order valence-electron chi connectivity index (χ2n) is 29.7. The average Bonchev–Trinajstić information content (AvgIpc) is 0.822. The highest BCUT2D eigenvalue weighted by Crippen LogP contribution is 2.35. The van der Waals surface area contributed by atoms with E-state index in [0.717, 1.165) is 127 Å². The van der Waals surface area contributed by atoms with Gasteiger partial charge in [0, 0.05) is 75.5 Å².